The Bertz CT molecular complexity index is 1670. The van der Waals surface area contributed by atoms with Gasteiger partial charge in [0, 0.05) is 5.56 Å². The molecule has 2 aromatic heterocycles. The third kappa shape index (κ3) is 4.39. The Morgan fingerprint density at radius 3 is 2.47 bits per heavy atom. The third-order valence-corrected chi connectivity index (χ3v) is 5.61. The first kappa shape index (κ1) is 22.8. The van der Waals surface area contributed by atoms with Crippen molar-refractivity contribution in [2.75, 3.05) is 12.4 Å². The summed E-state index contributed by atoms with van der Waals surface area (Å²) in [5, 5.41) is 6.99. The van der Waals surface area contributed by atoms with Gasteiger partial charge in [0.2, 0.25) is 17.6 Å². The highest BCUT2D eigenvalue weighted by molar-refractivity contribution is 5.93. The standard InChI is InChI=1S/C26H21N5O5/c1-35-21-14-8-6-12-19(21)27-22(32)15-30-20-13-7-5-11-18(20)25(33)31(26(30)34)16-23-28-24(29-36-23)17-9-3-2-4-10-17/h2-14H,15-16H2,1H3,(H,27,32). The van der Waals surface area contributed by atoms with E-state index in [-0.39, 0.29) is 24.4 Å². The molecule has 180 valence electrons. The molecule has 0 fully saturated rings. The normalized spacial score (nSPS) is 10.9. The Labute approximate surface area is 204 Å². The minimum atomic E-state index is -0.673. The molecule has 0 saturated heterocycles. The Morgan fingerprint density at radius 1 is 0.944 bits per heavy atom. The van der Waals surface area contributed by atoms with Crippen LogP contribution >= 0.6 is 0 Å². The number of fused-ring (bicyclic) bond motifs is 1. The molecule has 0 bridgehead atoms. The Hall–Kier alpha value is -4.99. The number of nitrogens with one attached hydrogen (secondary N) is 1. The number of methoxy groups -OCH3 is 1. The minimum Gasteiger partial charge on any atom is -0.495 e. The molecule has 10 heteroatoms. The average molecular weight is 483 g/mol. The quantitative estimate of drug-likeness (QED) is 0.378. The van der Waals surface area contributed by atoms with Gasteiger partial charge in [-0.3, -0.25) is 18.7 Å². The number of para-hydroxylation sites is 3. The van der Waals surface area contributed by atoms with Gasteiger partial charge in [0.15, 0.2) is 0 Å². The summed E-state index contributed by atoms with van der Waals surface area (Å²) in [6.07, 6.45) is 0. The summed E-state index contributed by atoms with van der Waals surface area (Å²) in [5.74, 6) is 0.462. The summed E-state index contributed by atoms with van der Waals surface area (Å²) in [6.45, 7) is -0.562. The van der Waals surface area contributed by atoms with Gasteiger partial charge in [0.25, 0.3) is 5.56 Å². The van der Waals surface area contributed by atoms with Crippen LogP contribution in [0.4, 0.5) is 5.69 Å². The van der Waals surface area contributed by atoms with Crippen LogP contribution in [0.1, 0.15) is 5.89 Å². The van der Waals surface area contributed by atoms with Crippen LogP contribution in [0.3, 0.4) is 0 Å². The van der Waals surface area contributed by atoms with E-state index in [0.717, 1.165) is 10.1 Å². The van der Waals surface area contributed by atoms with Crippen LogP contribution in [0, 0.1) is 0 Å². The molecule has 0 saturated carbocycles. The number of hydrogen-bond donors (Lipinski definition) is 1. The fourth-order valence-corrected chi connectivity index (χ4v) is 3.90. The average Bonchev–Trinajstić information content (AvgIpc) is 3.38. The van der Waals surface area contributed by atoms with E-state index in [9.17, 15) is 14.4 Å². The fourth-order valence-electron chi connectivity index (χ4n) is 3.90. The molecule has 1 N–H and O–H groups in total. The van der Waals surface area contributed by atoms with E-state index in [1.807, 2.05) is 30.3 Å². The van der Waals surface area contributed by atoms with Crippen molar-refractivity contribution in [2.24, 2.45) is 0 Å². The molecule has 0 aliphatic carbocycles. The smallest absolute Gasteiger partial charge is 0.332 e. The summed E-state index contributed by atoms with van der Waals surface area (Å²) < 4.78 is 12.8. The lowest BCUT2D eigenvalue weighted by atomic mass is 10.2. The van der Waals surface area contributed by atoms with E-state index in [4.69, 9.17) is 9.26 Å². The van der Waals surface area contributed by atoms with Crippen LogP contribution in [0.5, 0.6) is 5.75 Å². The summed E-state index contributed by atoms with van der Waals surface area (Å²) in [6, 6.07) is 22.8. The van der Waals surface area contributed by atoms with E-state index in [0.29, 0.717) is 22.8 Å². The predicted molar refractivity (Wildman–Crippen MR) is 133 cm³/mol. The Kier molecular flexibility index (Phi) is 6.14. The van der Waals surface area contributed by atoms with E-state index < -0.39 is 17.2 Å². The molecule has 0 spiro atoms. The first-order valence-electron chi connectivity index (χ1n) is 11.1. The number of amides is 1. The molecule has 5 rings (SSSR count). The maximum atomic E-state index is 13.4. The number of carbonyl (C=O) groups excluding carboxylic acids is 1. The molecule has 36 heavy (non-hydrogen) atoms. The van der Waals surface area contributed by atoms with E-state index >= 15 is 0 Å². The maximum Gasteiger partial charge on any atom is 0.332 e. The molecule has 5 aromatic rings. The van der Waals surface area contributed by atoms with Crippen LogP contribution in [0.25, 0.3) is 22.3 Å². The third-order valence-electron chi connectivity index (χ3n) is 5.61. The Balaban J connectivity index is 1.51. The van der Waals surface area contributed by atoms with Crippen LogP contribution < -0.4 is 21.3 Å². The second kappa shape index (κ2) is 9.71. The SMILES string of the molecule is COc1ccccc1NC(=O)Cn1c(=O)n(Cc2nc(-c3ccccc3)no2)c(=O)c2ccccc21. The molecule has 10 nitrogen and oxygen atoms in total. The fraction of sp³-hybridized carbons (Fsp3) is 0.115. The number of carbonyl (C=O) groups is 1. The number of aromatic nitrogens is 4. The zero-order valence-corrected chi connectivity index (χ0v) is 19.2. The lowest BCUT2D eigenvalue weighted by molar-refractivity contribution is -0.116. The molecule has 1 amide bonds. The second-order valence-electron chi connectivity index (χ2n) is 7.90. The highest BCUT2D eigenvalue weighted by Gasteiger charge is 2.18. The van der Waals surface area contributed by atoms with Crippen molar-refractivity contribution in [1.82, 2.24) is 19.3 Å². The number of ether oxygens (including phenoxy) is 1. The first-order valence-corrected chi connectivity index (χ1v) is 11.1. The maximum absolute atomic E-state index is 13.4. The molecule has 0 unspecified atom stereocenters. The lowest BCUT2D eigenvalue weighted by Crippen LogP contribution is -2.42. The van der Waals surface area contributed by atoms with Gasteiger partial charge in [-0.2, -0.15) is 4.98 Å². The number of nitrogens with zero attached hydrogens (tertiary/aromatic N) is 4. The Morgan fingerprint density at radius 2 is 1.67 bits per heavy atom. The van der Waals surface area contributed by atoms with Gasteiger partial charge in [0.1, 0.15) is 18.8 Å². The van der Waals surface area contributed by atoms with E-state index in [1.54, 1.807) is 48.5 Å². The highest BCUT2D eigenvalue weighted by atomic mass is 16.5. The highest BCUT2D eigenvalue weighted by Crippen LogP contribution is 2.23. The first-order chi connectivity index (χ1) is 17.5. The summed E-state index contributed by atoms with van der Waals surface area (Å²) >= 11 is 0. The molecule has 0 aliphatic heterocycles. The molecule has 0 aliphatic rings. The predicted octanol–water partition coefficient (Wildman–Crippen LogP) is 2.91. The van der Waals surface area contributed by atoms with Crippen LogP contribution in [-0.4, -0.2) is 32.3 Å². The molecule has 2 heterocycles. The van der Waals surface area contributed by atoms with Gasteiger partial charge in [0.05, 0.1) is 23.7 Å². The lowest BCUT2D eigenvalue weighted by Gasteiger charge is -2.14. The van der Waals surface area contributed by atoms with Gasteiger partial charge >= 0.3 is 5.69 Å². The molecule has 0 atom stereocenters. The van der Waals surface area contributed by atoms with Crippen molar-refractivity contribution < 1.29 is 14.1 Å². The van der Waals surface area contributed by atoms with Crippen LogP contribution in [-0.2, 0) is 17.9 Å². The zero-order valence-electron chi connectivity index (χ0n) is 19.2. The van der Waals surface area contributed by atoms with Crippen molar-refractivity contribution in [3.8, 4) is 17.1 Å². The van der Waals surface area contributed by atoms with Crippen LogP contribution in [0.2, 0.25) is 0 Å². The summed E-state index contributed by atoms with van der Waals surface area (Å²) in [7, 11) is 1.50. The van der Waals surface area contributed by atoms with Gasteiger partial charge in [-0.1, -0.05) is 59.8 Å². The van der Waals surface area contributed by atoms with Gasteiger partial charge in [-0.15, -0.1) is 0 Å². The number of hydrogen-bond acceptors (Lipinski definition) is 7. The van der Waals surface area contributed by atoms with Crippen molar-refractivity contribution in [3.05, 3.63) is 106 Å². The molecule has 0 radical (unpaired) electrons. The number of benzene rings is 3. The van der Waals surface area contributed by atoms with Gasteiger partial charge in [-0.25, -0.2) is 4.79 Å². The van der Waals surface area contributed by atoms with E-state index in [2.05, 4.69) is 15.5 Å². The summed E-state index contributed by atoms with van der Waals surface area (Å²) in [5.41, 5.74) is 0.359. The number of anilines is 1. The van der Waals surface area contributed by atoms with Crippen molar-refractivity contribution in [3.63, 3.8) is 0 Å². The van der Waals surface area contributed by atoms with Gasteiger partial charge in [-0.05, 0) is 24.3 Å². The second-order valence-corrected chi connectivity index (χ2v) is 7.90. The largest absolute Gasteiger partial charge is 0.495 e. The molecule has 3 aromatic carbocycles. The zero-order chi connectivity index (χ0) is 25.1. The van der Waals surface area contributed by atoms with Crippen LogP contribution in [0.15, 0.2) is 93.0 Å². The van der Waals surface area contributed by atoms with Crippen molar-refractivity contribution >= 4 is 22.5 Å². The monoisotopic (exact) mass is 483 g/mol. The van der Waals surface area contributed by atoms with Crippen molar-refractivity contribution in [1.29, 1.82) is 0 Å². The summed E-state index contributed by atoms with van der Waals surface area (Å²) in [4.78, 5) is 43.8. The van der Waals surface area contributed by atoms with Crippen molar-refractivity contribution in [2.45, 2.75) is 13.1 Å². The topological polar surface area (TPSA) is 121 Å². The number of rotatable bonds is 7. The molecular weight excluding hydrogens is 462 g/mol. The molecular formula is C26H21N5O5. The van der Waals surface area contributed by atoms with E-state index in [1.165, 1.54) is 11.7 Å². The minimum absolute atomic E-state index is 0.0911. The van der Waals surface area contributed by atoms with Gasteiger partial charge < -0.3 is 14.6 Å².